The molecule has 1 amide bonds. The highest BCUT2D eigenvalue weighted by atomic mass is 16.5. The van der Waals surface area contributed by atoms with Crippen LogP contribution in [0.3, 0.4) is 0 Å². The number of hydrogen-bond acceptors (Lipinski definition) is 3. The molecule has 1 saturated heterocycles. The van der Waals surface area contributed by atoms with Gasteiger partial charge in [-0.3, -0.25) is 9.69 Å². The molecule has 4 nitrogen and oxygen atoms in total. The third-order valence-corrected chi connectivity index (χ3v) is 5.59. The maximum absolute atomic E-state index is 12.3. The first-order chi connectivity index (χ1) is 15.2. The minimum absolute atomic E-state index is 0.140. The first kappa shape index (κ1) is 20.9. The monoisotopic (exact) mass is 412 g/mol. The van der Waals surface area contributed by atoms with E-state index in [-0.39, 0.29) is 5.91 Å². The Morgan fingerprint density at radius 2 is 1.52 bits per heavy atom. The molecule has 0 bridgehead atoms. The lowest BCUT2D eigenvalue weighted by atomic mass is 10.1. The van der Waals surface area contributed by atoms with Gasteiger partial charge >= 0.3 is 0 Å². The lowest BCUT2D eigenvalue weighted by molar-refractivity contribution is -0.111. The molecule has 31 heavy (non-hydrogen) atoms. The average Bonchev–Trinajstić information content (AvgIpc) is 3.32. The Morgan fingerprint density at radius 1 is 0.903 bits per heavy atom. The Hall–Kier alpha value is -3.37. The van der Waals surface area contributed by atoms with Gasteiger partial charge < -0.3 is 10.1 Å². The van der Waals surface area contributed by atoms with Gasteiger partial charge in [0.15, 0.2) is 0 Å². The number of methoxy groups -OCH3 is 1. The molecule has 158 valence electrons. The number of hydrogen-bond donors (Lipinski definition) is 1. The second-order valence-electron chi connectivity index (χ2n) is 7.85. The minimum Gasteiger partial charge on any atom is -0.497 e. The lowest BCUT2D eigenvalue weighted by Crippen LogP contribution is -2.18. The van der Waals surface area contributed by atoms with Gasteiger partial charge in [-0.2, -0.15) is 0 Å². The van der Waals surface area contributed by atoms with Crippen molar-refractivity contribution in [2.75, 3.05) is 25.5 Å². The molecule has 0 aromatic heterocycles. The van der Waals surface area contributed by atoms with E-state index in [0.717, 1.165) is 34.7 Å². The first-order valence-corrected chi connectivity index (χ1v) is 10.7. The van der Waals surface area contributed by atoms with E-state index >= 15 is 0 Å². The number of anilines is 1. The molecule has 0 aliphatic carbocycles. The maximum atomic E-state index is 12.3. The Labute approximate surface area is 184 Å². The van der Waals surface area contributed by atoms with Crippen LogP contribution in [0.1, 0.15) is 24.0 Å². The zero-order valence-electron chi connectivity index (χ0n) is 17.9. The topological polar surface area (TPSA) is 41.6 Å². The van der Waals surface area contributed by atoms with Crippen LogP contribution in [0.5, 0.6) is 5.75 Å². The van der Waals surface area contributed by atoms with Gasteiger partial charge in [-0.05, 0) is 78.5 Å². The van der Waals surface area contributed by atoms with Crippen LogP contribution in [0.15, 0.2) is 78.9 Å². The van der Waals surface area contributed by atoms with Crippen molar-refractivity contribution in [3.63, 3.8) is 0 Å². The van der Waals surface area contributed by atoms with Gasteiger partial charge in [0.05, 0.1) is 7.11 Å². The molecule has 1 aliphatic heterocycles. The predicted octanol–water partition coefficient (Wildman–Crippen LogP) is 5.61. The number of ether oxygens (including phenoxy) is 1. The minimum atomic E-state index is -0.140. The van der Waals surface area contributed by atoms with Gasteiger partial charge in [0.25, 0.3) is 0 Å². The molecule has 1 fully saturated rings. The average molecular weight is 413 g/mol. The van der Waals surface area contributed by atoms with Gasteiger partial charge in [0.2, 0.25) is 5.91 Å². The van der Waals surface area contributed by atoms with Crippen molar-refractivity contribution in [3.8, 4) is 16.9 Å². The molecule has 4 heteroatoms. The Bertz CT molecular complexity index is 1020. The van der Waals surface area contributed by atoms with Crippen molar-refractivity contribution in [2.45, 2.75) is 19.4 Å². The summed E-state index contributed by atoms with van der Waals surface area (Å²) in [5.41, 5.74) is 5.31. The zero-order chi connectivity index (χ0) is 21.5. The molecule has 1 aliphatic rings. The molecule has 3 aromatic rings. The van der Waals surface area contributed by atoms with Crippen LogP contribution in [-0.4, -0.2) is 31.0 Å². The Balaban J connectivity index is 1.31. The first-order valence-electron chi connectivity index (χ1n) is 10.7. The summed E-state index contributed by atoms with van der Waals surface area (Å²) in [5.74, 6) is 0.694. The molecule has 0 radical (unpaired) electrons. The summed E-state index contributed by atoms with van der Waals surface area (Å²) in [6, 6.07) is 24.2. The zero-order valence-corrected chi connectivity index (χ0v) is 17.9. The smallest absolute Gasteiger partial charge is 0.248 e. The fourth-order valence-corrected chi connectivity index (χ4v) is 3.82. The fraction of sp³-hybridized carbons (Fsp3) is 0.222. The molecule has 0 saturated carbocycles. The third kappa shape index (κ3) is 5.83. The van der Waals surface area contributed by atoms with Crippen molar-refractivity contribution in [1.82, 2.24) is 4.90 Å². The molecule has 1 heterocycles. The summed E-state index contributed by atoms with van der Waals surface area (Å²) in [4.78, 5) is 14.8. The van der Waals surface area contributed by atoms with Crippen LogP contribution >= 0.6 is 0 Å². The standard InChI is InChI=1S/C27H28N2O2/c1-31-26-15-11-24(12-16-26)23-9-13-25(14-10-23)28-27(30)17-8-21-4-6-22(7-5-21)20-29-18-2-3-19-29/h4-17H,2-3,18-20H2,1H3,(H,28,30). The number of nitrogens with one attached hydrogen (secondary N) is 1. The molecular formula is C27H28N2O2. The van der Waals surface area contributed by atoms with E-state index in [1.807, 2.05) is 54.6 Å². The highest BCUT2D eigenvalue weighted by Gasteiger charge is 2.11. The SMILES string of the molecule is COc1ccc(-c2ccc(NC(=O)C=Cc3ccc(CN4CCCC4)cc3)cc2)cc1. The van der Waals surface area contributed by atoms with E-state index in [1.54, 1.807) is 13.2 Å². The van der Waals surface area contributed by atoms with E-state index in [1.165, 1.54) is 31.5 Å². The largest absolute Gasteiger partial charge is 0.497 e. The van der Waals surface area contributed by atoms with Gasteiger partial charge in [-0.15, -0.1) is 0 Å². The van der Waals surface area contributed by atoms with Gasteiger partial charge in [-0.1, -0.05) is 48.5 Å². The van der Waals surface area contributed by atoms with E-state index in [2.05, 4.69) is 34.5 Å². The molecular weight excluding hydrogens is 384 g/mol. The maximum Gasteiger partial charge on any atom is 0.248 e. The third-order valence-electron chi connectivity index (χ3n) is 5.59. The second-order valence-corrected chi connectivity index (χ2v) is 7.85. The summed E-state index contributed by atoms with van der Waals surface area (Å²) in [5, 5.41) is 2.92. The van der Waals surface area contributed by atoms with E-state index in [4.69, 9.17) is 4.74 Å². The summed E-state index contributed by atoms with van der Waals surface area (Å²) >= 11 is 0. The van der Waals surface area contributed by atoms with Crippen molar-refractivity contribution < 1.29 is 9.53 Å². The molecule has 1 N–H and O–H groups in total. The summed E-state index contributed by atoms with van der Waals surface area (Å²) in [6.07, 6.45) is 6.04. The summed E-state index contributed by atoms with van der Waals surface area (Å²) < 4.78 is 5.20. The van der Waals surface area contributed by atoms with E-state index in [9.17, 15) is 4.79 Å². The van der Waals surface area contributed by atoms with Crippen LogP contribution in [0.25, 0.3) is 17.2 Å². The number of benzene rings is 3. The Morgan fingerprint density at radius 3 is 2.13 bits per heavy atom. The van der Waals surface area contributed by atoms with Gasteiger partial charge in [0.1, 0.15) is 5.75 Å². The number of carbonyl (C=O) groups is 1. The quantitative estimate of drug-likeness (QED) is 0.513. The Kier molecular flexibility index (Phi) is 6.80. The molecule has 0 spiro atoms. The number of amides is 1. The number of nitrogens with zero attached hydrogens (tertiary/aromatic N) is 1. The van der Waals surface area contributed by atoms with E-state index < -0.39 is 0 Å². The van der Waals surface area contributed by atoms with Crippen molar-refractivity contribution in [1.29, 1.82) is 0 Å². The van der Waals surface area contributed by atoms with Crippen LogP contribution in [-0.2, 0) is 11.3 Å². The van der Waals surface area contributed by atoms with Crippen LogP contribution in [0.2, 0.25) is 0 Å². The van der Waals surface area contributed by atoms with Gasteiger partial charge in [0, 0.05) is 18.3 Å². The van der Waals surface area contributed by atoms with Crippen LogP contribution in [0.4, 0.5) is 5.69 Å². The van der Waals surface area contributed by atoms with Crippen LogP contribution < -0.4 is 10.1 Å². The highest BCUT2D eigenvalue weighted by Crippen LogP contribution is 2.24. The highest BCUT2D eigenvalue weighted by molar-refractivity contribution is 6.02. The number of rotatable bonds is 7. The van der Waals surface area contributed by atoms with Crippen molar-refractivity contribution in [2.24, 2.45) is 0 Å². The van der Waals surface area contributed by atoms with Gasteiger partial charge in [-0.25, -0.2) is 0 Å². The normalized spacial score (nSPS) is 14.1. The molecule has 3 aromatic carbocycles. The lowest BCUT2D eigenvalue weighted by Gasteiger charge is -2.14. The van der Waals surface area contributed by atoms with Crippen molar-refractivity contribution in [3.05, 3.63) is 90.0 Å². The fourth-order valence-electron chi connectivity index (χ4n) is 3.82. The van der Waals surface area contributed by atoms with Crippen LogP contribution in [0, 0.1) is 0 Å². The number of likely N-dealkylation sites (tertiary alicyclic amines) is 1. The summed E-state index contributed by atoms with van der Waals surface area (Å²) in [6.45, 7) is 3.41. The van der Waals surface area contributed by atoms with Crippen molar-refractivity contribution >= 4 is 17.7 Å². The molecule has 0 unspecified atom stereocenters. The molecule has 0 atom stereocenters. The number of carbonyl (C=O) groups excluding carboxylic acids is 1. The predicted molar refractivity (Wildman–Crippen MR) is 127 cm³/mol. The second kappa shape index (κ2) is 10.1. The van der Waals surface area contributed by atoms with E-state index in [0.29, 0.717) is 0 Å². The molecule has 4 rings (SSSR count). The summed E-state index contributed by atoms with van der Waals surface area (Å²) in [7, 11) is 1.66.